The fraction of sp³-hybridized carbons (Fsp3) is 0.526. The van der Waals surface area contributed by atoms with Crippen LogP contribution >= 0.6 is 0 Å². The average Bonchev–Trinajstić information content (AvgIpc) is 3.34. The van der Waals surface area contributed by atoms with Gasteiger partial charge in [-0.3, -0.25) is 9.48 Å². The summed E-state index contributed by atoms with van der Waals surface area (Å²) in [5.41, 5.74) is 3.67. The Balaban J connectivity index is 1.65. The van der Waals surface area contributed by atoms with Crippen LogP contribution in [0.5, 0.6) is 0 Å². The number of aromatic nitrogens is 3. The number of likely N-dealkylation sites (tertiary alicyclic amines) is 1. The molecule has 0 aliphatic carbocycles. The fourth-order valence-corrected chi connectivity index (χ4v) is 4.04. The van der Waals surface area contributed by atoms with E-state index in [1.807, 2.05) is 21.7 Å². The Kier molecular flexibility index (Phi) is 4.63. The number of anilines is 1. The lowest BCUT2D eigenvalue weighted by atomic mass is 10.0. The predicted molar refractivity (Wildman–Crippen MR) is 98.0 cm³/mol. The van der Waals surface area contributed by atoms with E-state index in [2.05, 4.69) is 21.9 Å². The summed E-state index contributed by atoms with van der Waals surface area (Å²) in [6, 6.07) is 3.71. The highest BCUT2D eigenvalue weighted by Crippen LogP contribution is 2.29. The van der Waals surface area contributed by atoms with Crippen molar-refractivity contribution in [3.8, 4) is 0 Å². The van der Waals surface area contributed by atoms with E-state index in [1.54, 1.807) is 6.20 Å². The van der Waals surface area contributed by atoms with Crippen molar-refractivity contribution in [1.29, 1.82) is 0 Å². The fourth-order valence-electron chi connectivity index (χ4n) is 4.04. The lowest BCUT2D eigenvalue weighted by Gasteiger charge is -2.30. The van der Waals surface area contributed by atoms with Crippen LogP contribution in [0.15, 0.2) is 18.3 Å². The van der Waals surface area contributed by atoms with Crippen molar-refractivity contribution in [1.82, 2.24) is 19.7 Å². The molecule has 138 valence electrons. The van der Waals surface area contributed by atoms with Crippen LogP contribution in [-0.4, -0.2) is 50.3 Å². The van der Waals surface area contributed by atoms with Gasteiger partial charge >= 0.3 is 0 Å². The first-order chi connectivity index (χ1) is 12.7. The molecule has 0 saturated carbocycles. The van der Waals surface area contributed by atoms with Gasteiger partial charge in [0, 0.05) is 56.6 Å². The summed E-state index contributed by atoms with van der Waals surface area (Å²) in [6.07, 6.45) is 4.73. The number of aryl methyl sites for hydroxylation is 1. The first kappa shape index (κ1) is 17.0. The van der Waals surface area contributed by atoms with E-state index >= 15 is 0 Å². The van der Waals surface area contributed by atoms with E-state index in [1.165, 1.54) is 5.69 Å². The van der Waals surface area contributed by atoms with Crippen molar-refractivity contribution >= 4 is 11.7 Å². The van der Waals surface area contributed by atoms with Crippen LogP contribution in [0.25, 0.3) is 0 Å². The normalized spacial score (nSPS) is 16.8. The van der Waals surface area contributed by atoms with Crippen molar-refractivity contribution in [2.75, 3.05) is 24.5 Å². The molecule has 0 bridgehead atoms. The molecule has 0 unspecified atom stereocenters. The Morgan fingerprint density at radius 2 is 2.08 bits per heavy atom. The third-order valence-corrected chi connectivity index (χ3v) is 5.38. The van der Waals surface area contributed by atoms with Gasteiger partial charge in [-0.1, -0.05) is 0 Å². The van der Waals surface area contributed by atoms with Crippen LogP contribution in [0.3, 0.4) is 0 Å². The molecule has 4 rings (SSSR count). The number of nitrogens with zero attached hydrogens (tertiary/aromatic N) is 5. The second-order valence-electron chi connectivity index (χ2n) is 6.89. The lowest BCUT2D eigenvalue weighted by Crippen LogP contribution is -2.35. The smallest absolute Gasteiger partial charge is 0.257 e. The largest absolute Gasteiger partial charge is 0.390 e. The number of aliphatic hydroxyl groups is 1. The van der Waals surface area contributed by atoms with Gasteiger partial charge in [-0.15, -0.1) is 0 Å². The lowest BCUT2D eigenvalue weighted by molar-refractivity contribution is 0.0793. The molecule has 7 nitrogen and oxygen atoms in total. The predicted octanol–water partition coefficient (Wildman–Crippen LogP) is 1.59. The topological polar surface area (TPSA) is 74.5 Å². The van der Waals surface area contributed by atoms with Gasteiger partial charge in [0.15, 0.2) is 0 Å². The summed E-state index contributed by atoms with van der Waals surface area (Å²) < 4.78 is 1.98. The maximum atomic E-state index is 12.9. The highest BCUT2D eigenvalue weighted by atomic mass is 16.3. The zero-order valence-electron chi connectivity index (χ0n) is 15.2. The number of aliphatic hydroxyl groups excluding tert-OH is 1. The molecule has 2 aromatic rings. The quantitative estimate of drug-likeness (QED) is 0.901. The number of hydrogen-bond donors (Lipinski definition) is 1. The minimum absolute atomic E-state index is 0.0645. The van der Waals surface area contributed by atoms with Gasteiger partial charge in [0.05, 0.1) is 17.9 Å². The number of carbonyl (C=O) groups excluding carboxylic acids is 1. The molecule has 1 amide bonds. The molecule has 0 atom stereocenters. The van der Waals surface area contributed by atoms with Crippen LogP contribution < -0.4 is 4.90 Å². The first-order valence-electron chi connectivity index (χ1n) is 9.40. The van der Waals surface area contributed by atoms with Crippen LogP contribution in [-0.2, 0) is 26.1 Å². The van der Waals surface area contributed by atoms with Crippen molar-refractivity contribution < 1.29 is 9.90 Å². The van der Waals surface area contributed by atoms with Gasteiger partial charge < -0.3 is 14.9 Å². The monoisotopic (exact) mass is 355 g/mol. The van der Waals surface area contributed by atoms with Gasteiger partial charge in [-0.25, -0.2) is 4.98 Å². The molecule has 4 heterocycles. The Morgan fingerprint density at radius 1 is 1.27 bits per heavy atom. The second-order valence-corrected chi connectivity index (χ2v) is 6.89. The van der Waals surface area contributed by atoms with Gasteiger partial charge in [-0.2, -0.15) is 5.10 Å². The molecule has 2 aliphatic heterocycles. The Morgan fingerprint density at radius 3 is 2.81 bits per heavy atom. The number of carbonyl (C=O) groups is 1. The Hall–Kier alpha value is -2.41. The van der Waals surface area contributed by atoms with Crippen LogP contribution in [0.2, 0.25) is 0 Å². The molecule has 1 saturated heterocycles. The van der Waals surface area contributed by atoms with Crippen molar-refractivity contribution in [3.63, 3.8) is 0 Å². The van der Waals surface area contributed by atoms with Crippen LogP contribution in [0.4, 0.5) is 5.82 Å². The SMILES string of the molecule is CCn1nc(CO)c2c1CCN(c1ncccc1C(=O)N1CCCC1)C2. The van der Waals surface area contributed by atoms with Crippen LogP contribution in [0, 0.1) is 0 Å². The zero-order valence-corrected chi connectivity index (χ0v) is 15.2. The molecule has 26 heavy (non-hydrogen) atoms. The number of pyridine rings is 1. The van der Waals surface area contributed by atoms with Crippen LogP contribution in [0.1, 0.15) is 47.1 Å². The third-order valence-electron chi connectivity index (χ3n) is 5.38. The van der Waals surface area contributed by atoms with Gasteiger partial charge in [0.25, 0.3) is 5.91 Å². The minimum Gasteiger partial charge on any atom is -0.390 e. The van der Waals surface area contributed by atoms with E-state index in [0.717, 1.165) is 62.5 Å². The standard InChI is InChI=1S/C19H25N5O2/c1-2-24-17-7-11-23(12-15(17)16(13-25)21-24)18-14(6-5-8-20-18)19(26)22-9-3-4-10-22/h5-6,8,25H,2-4,7,9-13H2,1H3. The average molecular weight is 355 g/mol. The second kappa shape index (κ2) is 7.07. The summed E-state index contributed by atoms with van der Waals surface area (Å²) in [5.74, 6) is 0.811. The molecule has 1 fully saturated rings. The molecule has 2 aliphatic rings. The first-order valence-corrected chi connectivity index (χ1v) is 9.40. The highest BCUT2D eigenvalue weighted by molar-refractivity contribution is 5.99. The van der Waals surface area contributed by atoms with Crippen molar-refractivity contribution in [3.05, 3.63) is 40.8 Å². The summed E-state index contributed by atoms with van der Waals surface area (Å²) in [5, 5.41) is 14.2. The van der Waals surface area contributed by atoms with E-state index in [9.17, 15) is 9.90 Å². The molecule has 0 radical (unpaired) electrons. The Labute approximate surface area is 153 Å². The number of rotatable bonds is 4. The summed E-state index contributed by atoms with van der Waals surface area (Å²) in [7, 11) is 0. The Bertz CT molecular complexity index is 810. The zero-order chi connectivity index (χ0) is 18.1. The van der Waals surface area contributed by atoms with E-state index in [0.29, 0.717) is 12.1 Å². The third kappa shape index (κ3) is 2.86. The molecule has 7 heteroatoms. The number of fused-ring (bicyclic) bond motifs is 1. The molecule has 1 N–H and O–H groups in total. The van der Waals surface area contributed by atoms with Crippen molar-refractivity contribution in [2.24, 2.45) is 0 Å². The molecular weight excluding hydrogens is 330 g/mol. The number of hydrogen-bond acceptors (Lipinski definition) is 5. The molecule has 0 spiro atoms. The van der Waals surface area contributed by atoms with E-state index < -0.39 is 0 Å². The molecular formula is C19H25N5O2. The summed E-state index contributed by atoms with van der Waals surface area (Å²) in [4.78, 5) is 21.5. The highest BCUT2D eigenvalue weighted by Gasteiger charge is 2.29. The minimum atomic E-state index is -0.0645. The maximum Gasteiger partial charge on any atom is 0.257 e. The summed E-state index contributed by atoms with van der Waals surface area (Å²) >= 11 is 0. The van der Waals surface area contributed by atoms with E-state index in [4.69, 9.17) is 0 Å². The van der Waals surface area contributed by atoms with Gasteiger partial charge in [-0.05, 0) is 31.9 Å². The van der Waals surface area contributed by atoms with Crippen molar-refractivity contribution in [2.45, 2.75) is 45.9 Å². The van der Waals surface area contributed by atoms with Gasteiger partial charge in [0.2, 0.25) is 0 Å². The van der Waals surface area contributed by atoms with Gasteiger partial charge in [0.1, 0.15) is 5.82 Å². The molecule has 0 aromatic carbocycles. The van der Waals surface area contributed by atoms with E-state index in [-0.39, 0.29) is 12.5 Å². The summed E-state index contributed by atoms with van der Waals surface area (Å²) in [6.45, 7) is 5.87. The number of amides is 1. The maximum absolute atomic E-state index is 12.9. The molecule has 2 aromatic heterocycles.